The van der Waals surface area contributed by atoms with E-state index in [-0.39, 0.29) is 13.2 Å². The number of hydrogen-bond donors (Lipinski definition) is 2. The first kappa shape index (κ1) is 6.51. The largest absolute Gasteiger partial charge is 0.480 e. The van der Waals surface area contributed by atoms with Crippen LogP contribution in [0.4, 0.5) is 0 Å². The molecule has 4 heteroatoms. The Morgan fingerprint density at radius 1 is 1.78 bits per heavy atom. The molecule has 1 fully saturated rings. The molecule has 1 aliphatic heterocycles. The molecule has 9 heavy (non-hydrogen) atoms. The van der Waals surface area contributed by atoms with Gasteiger partial charge in [0.1, 0.15) is 0 Å². The number of hydrogen-bond acceptors (Lipinski definition) is 3. The molecule has 0 amide bonds. The third-order valence-corrected chi connectivity index (χ3v) is 1.58. The number of likely N-dealkylation sites (N-methyl/N-ethyl adjacent to an activating group) is 1. The SMILES string of the molecule is CNC1(C(=O)O)COC1. The third kappa shape index (κ3) is 0.799. The van der Waals surface area contributed by atoms with Gasteiger partial charge >= 0.3 is 5.97 Å². The van der Waals surface area contributed by atoms with Gasteiger partial charge in [-0.05, 0) is 7.05 Å². The van der Waals surface area contributed by atoms with Gasteiger partial charge in [-0.3, -0.25) is 4.79 Å². The zero-order valence-electron chi connectivity index (χ0n) is 5.18. The molecule has 1 heterocycles. The Balaban J connectivity index is 2.57. The van der Waals surface area contributed by atoms with E-state index in [1.165, 1.54) is 0 Å². The summed E-state index contributed by atoms with van der Waals surface area (Å²) in [5.41, 5.74) is -0.792. The van der Waals surface area contributed by atoms with E-state index in [1.807, 2.05) is 0 Å². The van der Waals surface area contributed by atoms with Gasteiger partial charge < -0.3 is 15.2 Å². The smallest absolute Gasteiger partial charge is 0.328 e. The molecule has 0 unspecified atom stereocenters. The molecule has 1 aliphatic rings. The first-order valence-electron chi connectivity index (χ1n) is 2.71. The van der Waals surface area contributed by atoms with Gasteiger partial charge in [-0.2, -0.15) is 0 Å². The molecule has 0 aliphatic carbocycles. The second-order valence-electron chi connectivity index (χ2n) is 2.13. The zero-order chi connectivity index (χ0) is 6.91. The number of aliphatic carboxylic acids is 1. The lowest BCUT2D eigenvalue weighted by Crippen LogP contribution is -2.64. The predicted octanol–water partition coefficient (Wildman–Crippen LogP) is -0.941. The summed E-state index contributed by atoms with van der Waals surface area (Å²) in [6.07, 6.45) is 0. The minimum Gasteiger partial charge on any atom is -0.480 e. The van der Waals surface area contributed by atoms with Gasteiger partial charge in [-0.1, -0.05) is 0 Å². The Morgan fingerprint density at radius 3 is 2.33 bits per heavy atom. The first-order chi connectivity index (χ1) is 4.21. The van der Waals surface area contributed by atoms with Crippen LogP contribution < -0.4 is 5.32 Å². The van der Waals surface area contributed by atoms with Crippen molar-refractivity contribution in [3.05, 3.63) is 0 Å². The van der Waals surface area contributed by atoms with Crippen LogP contribution in [0.5, 0.6) is 0 Å². The monoisotopic (exact) mass is 131 g/mol. The molecule has 1 saturated heterocycles. The van der Waals surface area contributed by atoms with Crippen molar-refractivity contribution in [2.45, 2.75) is 5.54 Å². The van der Waals surface area contributed by atoms with Crippen molar-refractivity contribution in [3.63, 3.8) is 0 Å². The summed E-state index contributed by atoms with van der Waals surface area (Å²) in [6.45, 7) is 0.553. The molecule has 52 valence electrons. The molecule has 2 N–H and O–H groups in total. The van der Waals surface area contributed by atoms with Crippen LogP contribution in [-0.4, -0.2) is 36.9 Å². The van der Waals surface area contributed by atoms with Crippen LogP contribution >= 0.6 is 0 Å². The van der Waals surface area contributed by atoms with Crippen LogP contribution in [0.25, 0.3) is 0 Å². The summed E-state index contributed by atoms with van der Waals surface area (Å²) < 4.78 is 4.75. The molecule has 4 nitrogen and oxygen atoms in total. The van der Waals surface area contributed by atoms with Crippen molar-refractivity contribution in [3.8, 4) is 0 Å². The van der Waals surface area contributed by atoms with Crippen molar-refractivity contribution in [2.75, 3.05) is 20.3 Å². The Labute approximate surface area is 52.8 Å². The highest BCUT2D eigenvalue weighted by atomic mass is 16.5. The van der Waals surface area contributed by atoms with E-state index in [9.17, 15) is 4.79 Å². The molecular weight excluding hydrogens is 122 g/mol. The van der Waals surface area contributed by atoms with Gasteiger partial charge in [0.15, 0.2) is 5.54 Å². The summed E-state index contributed by atoms with van der Waals surface area (Å²) >= 11 is 0. The van der Waals surface area contributed by atoms with E-state index in [1.54, 1.807) is 7.05 Å². The van der Waals surface area contributed by atoms with Gasteiger partial charge in [0.2, 0.25) is 0 Å². The Bertz CT molecular complexity index is 125. The van der Waals surface area contributed by atoms with Gasteiger partial charge in [-0.25, -0.2) is 0 Å². The van der Waals surface area contributed by atoms with E-state index < -0.39 is 11.5 Å². The van der Waals surface area contributed by atoms with Crippen LogP contribution in [0.3, 0.4) is 0 Å². The summed E-state index contributed by atoms with van der Waals surface area (Å²) in [5, 5.41) is 11.2. The van der Waals surface area contributed by atoms with E-state index in [2.05, 4.69) is 5.32 Å². The molecule has 0 aromatic rings. The fraction of sp³-hybridized carbons (Fsp3) is 0.800. The maximum atomic E-state index is 10.4. The van der Waals surface area contributed by atoms with Gasteiger partial charge in [0, 0.05) is 0 Å². The standard InChI is InChI=1S/C5H9NO3/c1-6-5(4(7)8)2-9-3-5/h6H,2-3H2,1H3,(H,7,8). The highest BCUT2D eigenvalue weighted by Gasteiger charge is 2.44. The summed E-state index contributed by atoms with van der Waals surface area (Å²) in [7, 11) is 1.62. The third-order valence-electron chi connectivity index (χ3n) is 1.58. The Kier molecular flexibility index (Phi) is 1.42. The van der Waals surface area contributed by atoms with E-state index >= 15 is 0 Å². The molecule has 0 spiro atoms. The summed E-state index contributed by atoms with van der Waals surface area (Å²) in [4.78, 5) is 10.4. The molecule has 1 rings (SSSR count). The van der Waals surface area contributed by atoms with Crippen LogP contribution in [0.15, 0.2) is 0 Å². The fourth-order valence-electron chi connectivity index (χ4n) is 0.681. The molecule has 0 saturated carbocycles. The lowest BCUT2D eigenvalue weighted by molar-refractivity contribution is -0.165. The van der Waals surface area contributed by atoms with Crippen molar-refractivity contribution in [1.82, 2.24) is 5.32 Å². The van der Waals surface area contributed by atoms with Crippen LogP contribution in [0.2, 0.25) is 0 Å². The van der Waals surface area contributed by atoms with Crippen molar-refractivity contribution >= 4 is 5.97 Å². The normalized spacial score (nSPS) is 22.8. The number of carboxylic acids is 1. The predicted molar refractivity (Wildman–Crippen MR) is 30.2 cm³/mol. The second kappa shape index (κ2) is 1.97. The topological polar surface area (TPSA) is 58.6 Å². The van der Waals surface area contributed by atoms with Gasteiger partial charge in [-0.15, -0.1) is 0 Å². The molecule has 0 aromatic heterocycles. The number of rotatable bonds is 2. The van der Waals surface area contributed by atoms with Gasteiger partial charge in [0.05, 0.1) is 13.2 Å². The summed E-state index contributed by atoms with van der Waals surface area (Å²) in [5.74, 6) is -0.837. The maximum absolute atomic E-state index is 10.4. The van der Waals surface area contributed by atoms with Crippen LogP contribution in [-0.2, 0) is 9.53 Å². The molecule has 0 atom stereocenters. The van der Waals surface area contributed by atoms with Crippen LogP contribution in [0.1, 0.15) is 0 Å². The summed E-state index contributed by atoms with van der Waals surface area (Å²) in [6, 6.07) is 0. The number of ether oxygens (including phenoxy) is 1. The Hall–Kier alpha value is -0.610. The minimum atomic E-state index is -0.837. The molecule has 0 bridgehead atoms. The molecule has 0 aromatic carbocycles. The Morgan fingerprint density at radius 2 is 2.33 bits per heavy atom. The first-order valence-corrected chi connectivity index (χ1v) is 2.71. The zero-order valence-corrected chi connectivity index (χ0v) is 5.18. The van der Waals surface area contributed by atoms with Gasteiger partial charge in [0.25, 0.3) is 0 Å². The number of carbonyl (C=O) groups is 1. The van der Waals surface area contributed by atoms with E-state index in [0.717, 1.165) is 0 Å². The van der Waals surface area contributed by atoms with E-state index in [4.69, 9.17) is 9.84 Å². The van der Waals surface area contributed by atoms with Crippen molar-refractivity contribution < 1.29 is 14.6 Å². The average molecular weight is 131 g/mol. The van der Waals surface area contributed by atoms with Crippen molar-refractivity contribution in [2.24, 2.45) is 0 Å². The average Bonchev–Trinajstić information content (AvgIpc) is 1.62. The number of carboxylic acid groups (broad SMARTS) is 1. The minimum absolute atomic E-state index is 0.277. The second-order valence-corrected chi connectivity index (χ2v) is 2.13. The maximum Gasteiger partial charge on any atom is 0.328 e. The van der Waals surface area contributed by atoms with Crippen LogP contribution in [0, 0.1) is 0 Å². The molecular formula is C5H9NO3. The highest BCUT2D eigenvalue weighted by Crippen LogP contribution is 2.15. The quantitative estimate of drug-likeness (QED) is 0.507. The lowest BCUT2D eigenvalue weighted by atomic mass is 9.99. The lowest BCUT2D eigenvalue weighted by Gasteiger charge is -2.36. The fourth-order valence-corrected chi connectivity index (χ4v) is 0.681. The highest BCUT2D eigenvalue weighted by molar-refractivity contribution is 5.80. The number of nitrogens with one attached hydrogen (secondary N) is 1. The molecule has 0 radical (unpaired) electrons. The van der Waals surface area contributed by atoms with E-state index in [0.29, 0.717) is 0 Å². The van der Waals surface area contributed by atoms with Crippen molar-refractivity contribution in [1.29, 1.82) is 0 Å².